The minimum absolute atomic E-state index is 0.0114. The van der Waals surface area contributed by atoms with Crippen LogP contribution in [0.15, 0.2) is 42.5 Å². The van der Waals surface area contributed by atoms with Crippen LogP contribution in [0.2, 0.25) is 0 Å². The lowest BCUT2D eigenvalue weighted by atomic mass is 9.78. The van der Waals surface area contributed by atoms with Crippen molar-refractivity contribution in [2.75, 3.05) is 6.61 Å². The van der Waals surface area contributed by atoms with E-state index in [9.17, 15) is 4.79 Å². The average Bonchev–Trinajstić information content (AvgIpc) is 2.40. The van der Waals surface area contributed by atoms with Crippen LogP contribution in [0.3, 0.4) is 0 Å². The lowest BCUT2D eigenvalue weighted by Gasteiger charge is -2.26. The van der Waals surface area contributed by atoms with Crippen molar-refractivity contribution < 1.29 is 9.53 Å². The van der Waals surface area contributed by atoms with Gasteiger partial charge in [0.15, 0.2) is 0 Å². The summed E-state index contributed by atoms with van der Waals surface area (Å²) >= 11 is 0. The fourth-order valence-electron chi connectivity index (χ4n) is 2.34. The monoisotopic (exact) mass is 260 g/mol. The Kier molecular flexibility index (Phi) is 6.34. The average molecular weight is 260 g/mol. The Hall–Kier alpha value is -1.57. The van der Waals surface area contributed by atoms with E-state index in [1.54, 1.807) is 0 Å². The predicted molar refractivity (Wildman–Crippen MR) is 79.1 cm³/mol. The molecule has 1 atom stereocenters. The maximum absolute atomic E-state index is 11.4. The van der Waals surface area contributed by atoms with Crippen LogP contribution in [0.4, 0.5) is 0 Å². The number of ether oxygens (including phenoxy) is 1. The molecule has 0 saturated heterocycles. The van der Waals surface area contributed by atoms with Crippen molar-refractivity contribution in [1.82, 2.24) is 0 Å². The summed E-state index contributed by atoms with van der Waals surface area (Å²) in [6.07, 6.45) is 6.58. The summed E-state index contributed by atoms with van der Waals surface area (Å²) < 4.78 is 4.97. The Morgan fingerprint density at radius 2 is 2.00 bits per heavy atom. The second kappa shape index (κ2) is 7.78. The van der Waals surface area contributed by atoms with Gasteiger partial charge in [0.25, 0.3) is 0 Å². The first kappa shape index (κ1) is 15.5. The number of esters is 1. The Labute approximate surface area is 116 Å². The van der Waals surface area contributed by atoms with Crippen molar-refractivity contribution in [2.45, 2.75) is 45.4 Å². The first-order valence-electron chi connectivity index (χ1n) is 6.97. The number of hydrogen-bond acceptors (Lipinski definition) is 2. The fraction of sp³-hybridized carbons (Fsp3) is 0.471. The van der Waals surface area contributed by atoms with Gasteiger partial charge in [-0.1, -0.05) is 49.4 Å². The highest BCUT2D eigenvalue weighted by Gasteiger charge is 2.22. The summed E-state index contributed by atoms with van der Waals surface area (Å²) in [5.41, 5.74) is 1.28. The van der Waals surface area contributed by atoms with Gasteiger partial charge in [-0.25, -0.2) is 0 Å². The fourth-order valence-corrected chi connectivity index (χ4v) is 2.34. The zero-order valence-electron chi connectivity index (χ0n) is 12.2. The molecule has 0 amide bonds. The number of allylic oxidation sites excluding steroid dienone is 2. The molecule has 0 fully saturated rings. The van der Waals surface area contributed by atoms with Gasteiger partial charge in [-0.3, -0.25) is 4.79 Å². The van der Waals surface area contributed by atoms with Gasteiger partial charge in [0, 0.05) is 11.8 Å². The van der Waals surface area contributed by atoms with Crippen LogP contribution in [0.5, 0.6) is 0 Å². The molecule has 0 radical (unpaired) electrons. The normalized spacial score (nSPS) is 14.3. The molecule has 2 nitrogen and oxygen atoms in total. The number of rotatable bonds is 7. The highest BCUT2D eigenvalue weighted by molar-refractivity contribution is 5.69. The number of carbonyl (C=O) groups excluding carboxylic acids is 1. The van der Waals surface area contributed by atoms with Crippen LogP contribution >= 0.6 is 0 Å². The van der Waals surface area contributed by atoms with E-state index in [2.05, 4.69) is 43.3 Å². The van der Waals surface area contributed by atoms with Crippen molar-refractivity contribution in [3.63, 3.8) is 0 Å². The molecule has 0 heterocycles. The molecular weight excluding hydrogens is 236 g/mol. The van der Waals surface area contributed by atoms with Gasteiger partial charge in [-0.15, -0.1) is 0 Å². The van der Waals surface area contributed by atoms with E-state index in [1.807, 2.05) is 19.9 Å². The van der Waals surface area contributed by atoms with Crippen molar-refractivity contribution in [3.8, 4) is 0 Å². The smallest absolute Gasteiger partial charge is 0.305 e. The third-order valence-corrected chi connectivity index (χ3v) is 3.35. The van der Waals surface area contributed by atoms with E-state index in [4.69, 9.17) is 4.74 Å². The Morgan fingerprint density at radius 1 is 1.32 bits per heavy atom. The predicted octanol–water partition coefficient (Wildman–Crippen LogP) is 4.25. The van der Waals surface area contributed by atoms with Crippen LogP contribution < -0.4 is 0 Å². The molecule has 1 aromatic rings. The molecule has 19 heavy (non-hydrogen) atoms. The highest BCUT2D eigenvalue weighted by Crippen LogP contribution is 2.31. The minimum atomic E-state index is -0.0987. The lowest BCUT2D eigenvalue weighted by molar-refractivity contribution is -0.143. The molecule has 0 aromatic heterocycles. The zero-order valence-corrected chi connectivity index (χ0v) is 12.2. The van der Waals surface area contributed by atoms with Crippen molar-refractivity contribution >= 4 is 5.97 Å². The van der Waals surface area contributed by atoms with E-state index in [1.165, 1.54) is 5.56 Å². The van der Waals surface area contributed by atoms with Crippen molar-refractivity contribution in [3.05, 3.63) is 48.0 Å². The van der Waals surface area contributed by atoms with Gasteiger partial charge in [-0.2, -0.15) is 0 Å². The largest absolute Gasteiger partial charge is 0.466 e. The third kappa shape index (κ3) is 4.90. The third-order valence-electron chi connectivity index (χ3n) is 3.35. The summed E-state index contributed by atoms with van der Waals surface area (Å²) in [5.74, 6) is -0.0987. The topological polar surface area (TPSA) is 26.3 Å². The van der Waals surface area contributed by atoms with Gasteiger partial charge < -0.3 is 4.74 Å². The molecule has 0 saturated carbocycles. The van der Waals surface area contributed by atoms with Gasteiger partial charge in [0.2, 0.25) is 0 Å². The lowest BCUT2D eigenvalue weighted by Crippen LogP contribution is -2.19. The van der Waals surface area contributed by atoms with E-state index in [-0.39, 0.29) is 11.4 Å². The second-order valence-corrected chi connectivity index (χ2v) is 4.94. The van der Waals surface area contributed by atoms with Gasteiger partial charge in [-0.05, 0) is 32.3 Å². The van der Waals surface area contributed by atoms with E-state index >= 15 is 0 Å². The molecule has 2 heteroatoms. The number of carbonyl (C=O) groups is 1. The SMILES string of the molecule is C/C=C/[C@@](C)(CCCC(=O)OCC)c1ccccc1. The highest BCUT2D eigenvalue weighted by atomic mass is 16.5. The maximum Gasteiger partial charge on any atom is 0.305 e. The molecule has 1 rings (SSSR count). The van der Waals surface area contributed by atoms with Crippen molar-refractivity contribution in [1.29, 1.82) is 0 Å². The Bertz CT molecular complexity index is 409. The van der Waals surface area contributed by atoms with Crippen LogP contribution in [-0.2, 0) is 14.9 Å². The minimum Gasteiger partial charge on any atom is -0.466 e. The van der Waals surface area contributed by atoms with Crippen LogP contribution in [-0.4, -0.2) is 12.6 Å². The molecule has 0 aliphatic carbocycles. The maximum atomic E-state index is 11.4. The molecule has 0 N–H and O–H groups in total. The van der Waals surface area contributed by atoms with Gasteiger partial charge >= 0.3 is 5.97 Å². The molecule has 104 valence electrons. The zero-order chi connectivity index (χ0) is 14.1. The molecule has 0 bridgehead atoms. The summed E-state index contributed by atoms with van der Waals surface area (Å²) in [5, 5.41) is 0. The van der Waals surface area contributed by atoms with E-state index < -0.39 is 0 Å². The van der Waals surface area contributed by atoms with E-state index in [0.29, 0.717) is 13.0 Å². The Balaban J connectivity index is 2.65. The first-order valence-corrected chi connectivity index (χ1v) is 6.97. The summed E-state index contributed by atoms with van der Waals surface area (Å²) in [7, 11) is 0. The molecule has 0 aliphatic heterocycles. The summed E-state index contributed by atoms with van der Waals surface area (Å²) in [4.78, 5) is 11.4. The molecule has 0 aliphatic rings. The molecule has 1 aromatic carbocycles. The van der Waals surface area contributed by atoms with Crippen LogP contribution in [0.1, 0.15) is 45.6 Å². The van der Waals surface area contributed by atoms with Gasteiger partial charge in [0.05, 0.1) is 6.61 Å². The van der Waals surface area contributed by atoms with Crippen LogP contribution in [0, 0.1) is 0 Å². The standard InChI is InChI=1S/C17H24O2/c1-4-13-17(3,15-10-7-6-8-11-15)14-9-12-16(18)19-5-2/h4,6-8,10-11,13H,5,9,12,14H2,1-3H3/b13-4+/t17-/m0/s1. The summed E-state index contributed by atoms with van der Waals surface area (Å²) in [6.45, 7) is 6.55. The number of benzene rings is 1. The van der Waals surface area contributed by atoms with Crippen LogP contribution in [0.25, 0.3) is 0 Å². The Morgan fingerprint density at radius 3 is 2.58 bits per heavy atom. The molecule has 0 spiro atoms. The molecule has 0 unspecified atom stereocenters. The summed E-state index contributed by atoms with van der Waals surface area (Å²) in [6, 6.07) is 10.4. The van der Waals surface area contributed by atoms with Crippen molar-refractivity contribution in [2.24, 2.45) is 0 Å². The molecular formula is C17H24O2. The number of hydrogen-bond donors (Lipinski definition) is 0. The quantitative estimate of drug-likeness (QED) is 0.541. The van der Waals surface area contributed by atoms with Gasteiger partial charge in [0.1, 0.15) is 0 Å². The second-order valence-electron chi connectivity index (χ2n) is 4.94. The first-order chi connectivity index (χ1) is 9.12. The van der Waals surface area contributed by atoms with E-state index in [0.717, 1.165) is 12.8 Å².